The largest absolute Gasteiger partial charge is 0.350 e. The SMILES string of the molecule is Cc1ccc(Nc2ccc(S(=O)(=O)NCCN(C)C)cc2[N+](=O)[O-])cc1C. The van der Waals surface area contributed by atoms with Crippen LogP contribution in [0, 0.1) is 24.0 Å². The van der Waals surface area contributed by atoms with Crippen molar-refractivity contribution in [1.82, 2.24) is 9.62 Å². The molecule has 0 aromatic heterocycles. The van der Waals surface area contributed by atoms with Crippen LogP contribution in [0.4, 0.5) is 17.1 Å². The van der Waals surface area contributed by atoms with E-state index in [0.29, 0.717) is 12.2 Å². The van der Waals surface area contributed by atoms with Gasteiger partial charge in [-0.1, -0.05) is 6.07 Å². The third-order valence-electron chi connectivity index (χ3n) is 4.11. The summed E-state index contributed by atoms with van der Waals surface area (Å²) in [4.78, 5) is 12.6. The van der Waals surface area contributed by atoms with Crippen LogP contribution in [0.15, 0.2) is 41.3 Å². The van der Waals surface area contributed by atoms with E-state index in [9.17, 15) is 18.5 Å². The molecule has 146 valence electrons. The minimum absolute atomic E-state index is 0.140. The van der Waals surface area contributed by atoms with Crippen molar-refractivity contribution < 1.29 is 13.3 Å². The van der Waals surface area contributed by atoms with Gasteiger partial charge in [-0.2, -0.15) is 0 Å². The Morgan fingerprint density at radius 2 is 1.78 bits per heavy atom. The normalized spacial score (nSPS) is 11.6. The average molecular weight is 392 g/mol. The van der Waals surface area contributed by atoms with Gasteiger partial charge in [0.05, 0.1) is 9.82 Å². The van der Waals surface area contributed by atoms with Gasteiger partial charge in [0, 0.05) is 24.8 Å². The number of likely N-dealkylation sites (N-methyl/N-ethyl adjacent to an activating group) is 1. The number of sulfonamides is 1. The van der Waals surface area contributed by atoms with Gasteiger partial charge in [-0.25, -0.2) is 13.1 Å². The van der Waals surface area contributed by atoms with Crippen LogP contribution in [-0.4, -0.2) is 45.4 Å². The van der Waals surface area contributed by atoms with Crippen molar-refractivity contribution in [1.29, 1.82) is 0 Å². The van der Waals surface area contributed by atoms with E-state index in [2.05, 4.69) is 10.0 Å². The van der Waals surface area contributed by atoms with Crippen molar-refractivity contribution in [2.24, 2.45) is 0 Å². The Hall–Kier alpha value is -2.49. The Labute approximate surface area is 159 Å². The number of nitro benzene ring substituents is 1. The molecular weight excluding hydrogens is 368 g/mol. The molecule has 0 spiro atoms. The summed E-state index contributed by atoms with van der Waals surface area (Å²) in [6.07, 6.45) is 0. The van der Waals surface area contributed by atoms with Crippen LogP contribution in [0.2, 0.25) is 0 Å². The van der Waals surface area contributed by atoms with Crippen LogP contribution in [-0.2, 0) is 10.0 Å². The predicted octanol–water partition coefficient (Wildman–Crippen LogP) is 2.80. The van der Waals surface area contributed by atoms with E-state index in [1.54, 1.807) is 0 Å². The summed E-state index contributed by atoms with van der Waals surface area (Å²) in [5.74, 6) is 0. The lowest BCUT2D eigenvalue weighted by Crippen LogP contribution is -2.31. The fourth-order valence-corrected chi connectivity index (χ4v) is 3.44. The number of nitro groups is 1. The number of nitrogens with zero attached hydrogens (tertiary/aromatic N) is 2. The van der Waals surface area contributed by atoms with E-state index in [1.165, 1.54) is 12.1 Å². The minimum Gasteiger partial charge on any atom is -0.350 e. The van der Waals surface area contributed by atoms with Gasteiger partial charge >= 0.3 is 0 Å². The van der Waals surface area contributed by atoms with Crippen LogP contribution in [0.5, 0.6) is 0 Å². The van der Waals surface area contributed by atoms with E-state index >= 15 is 0 Å². The Morgan fingerprint density at radius 3 is 2.37 bits per heavy atom. The van der Waals surface area contributed by atoms with Gasteiger partial charge < -0.3 is 10.2 Å². The average Bonchev–Trinajstić information content (AvgIpc) is 2.57. The molecule has 0 fully saturated rings. The molecule has 0 atom stereocenters. The third kappa shape index (κ3) is 5.49. The second-order valence-corrected chi connectivity index (χ2v) is 8.33. The molecule has 9 heteroatoms. The van der Waals surface area contributed by atoms with E-state index in [-0.39, 0.29) is 22.8 Å². The second kappa shape index (κ2) is 8.47. The smallest absolute Gasteiger partial charge is 0.294 e. The van der Waals surface area contributed by atoms with Gasteiger partial charge in [-0.15, -0.1) is 0 Å². The molecule has 0 saturated carbocycles. The first-order valence-corrected chi connectivity index (χ1v) is 9.85. The lowest BCUT2D eigenvalue weighted by Gasteiger charge is -2.12. The Balaban J connectivity index is 2.30. The van der Waals surface area contributed by atoms with Crippen molar-refractivity contribution >= 4 is 27.1 Å². The van der Waals surface area contributed by atoms with Gasteiger partial charge in [0.2, 0.25) is 10.0 Å². The molecule has 0 aliphatic carbocycles. The van der Waals surface area contributed by atoms with E-state index in [4.69, 9.17) is 0 Å². The summed E-state index contributed by atoms with van der Waals surface area (Å²) >= 11 is 0. The number of hydrogen-bond acceptors (Lipinski definition) is 6. The molecule has 2 aromatic rings. The van der Waals surface area contributed by atoms with Gasteiger partial charge in [0.15, 0.2) is 0 Å². The lowest BCUT2D eigenvalue weighted by atomic mass is 10.1. The zero-order chi connectivity index (χ0) is 20.2. The first-order chi connectivity index (χ1) is 12.6. The minimum atomic E-state index is -3.82. The molecular formula is C18H24N4O4S. The molecule has 0 aliphatic rings. The molecule has 27 heavy (non-hydrogen) atoms. The standard InChI is InChI=1S/C18H24N4O4S/c1-13-5-6-15(11-14(13)2)20-17-8-7-16(12-18(17)22(23)24)27(25,26)19-9-10-21(3)4/h5-8,11-12,19-20H,9-10H2,1-4H3. The number of aryl methyl sites for hydroxylation is 2. The lowest BCUT2D eigenvalue weighted by molar-refractivity contribution is -0.384. The van der Waals surface area contributed by atoms with E-state index in [0.717, 1.165) is 17.2 Å². The maximum absolute atomic E-state index is 12.4. The summed E-state index contributed by atoms with van der Waals surface area (Å²) in [7, 11) is -0.171. The van der Waals surface area contributed by atoms with E-state index in [1.807, 2.05) is 51.0 Å². The van der Waals surface area contributed by atoms with E-state index < -0.39 is 14.9 Å². The van der Waals surface area contributed by atoms with Crippen molar-refractivity contribution in [3.05, 3.63) is 57.6 Å². The van der Waals surface area contributed by atoms with Crippen LogP contribution >= 0.6 is 0 Å². The fourth-order valence-electron chi connectivity index (χ4n) is 2.40. The fraction of sp³-hybridized carbons (Fsp3) is 0.333. The van der Waals surface area contributed by atoms with Crippen molar-refractivity contribution in [2.45, 2.75) is 18.7 Å². The zero-order valence-corrected chi connectivity index (χ0v) is 16.6. The number of benzene rings is 2. The maximum atomic E-state index is 12.4. The van der Waals surface area contributed by atoms with Crippen molar-refractivity contribution in [2.75, 3.05) is 32.5 Å². The number of anilines is 2. The molecule has 0 aliphatic heterocycles. The third-order valence-corrected chi connectivity index (χ3v) is 5.57. The molecule has 2 rings (SSSR count). The first kappa shape index (κ1) is 20.8. The summed E-state index contributed by atoms with van der Waals surface area (Å²) < 4.78 is 27.2. The van der Waals surface area contributed by atoms with Crippen molar-refractivity contribution in [3.8, 4) is 0 Å². The molecule has 0 heterocycles. The van der Waals surface area contributed by atoms with Gasteiger partial charge in [0.1, 0.15) is 5.69 Å². The quantitative estimate of drug-likeness (QED) is 0.529. The molecule has 0 radical (unpaired) electrons. The highest BCUT2D eigenvalue weighted by molar-refractivity contribution is 7.89. The number of rotatable bonds is 8. The molecule has 0 unspecified atom stereocenters. The van der Waals surface area contributed by atoms with Crippen molar-refractivity contribution in [3.63, 3.8) is 0 Å². The molecule has 2 aromatic carbocycles. The topological polar surface area (TPSA) is 105 Å². The Morgan fingerprint density at radius 1 is 1.07 bits per heavy atom. The highest BCUT2D eigenvalue weighted by Crippen LogP contribution is 2.30. The summed E-state index contributed by atoms with van der Waals surface area (Å²) in [5, 5.41) is 14.5. The second-order valence-electron chi connectivity index (χ2n) is 6.56. The maximum Gasteiger partial charge on any atom is 0.294 e. The van der Waals surface area contributed by atoms with Gasteiger partial charge in [-0.3, -0.25) is 10.1 Å². The van der Waals surface area contributed by atoms with Gasteiger partial charge in [-0.05, 0) is 63.3 Å². The number of nitrogens with one attached hydrogen (secondary N) is 2. The van der Waals surface area contributed by atoms with Crippen LogP contribution < -0.4 is 10.0 Å². The first-order valence-electron chi connectivity index (χ1n) is 8.37. The zero-order valence-electron chi connectivity index (χ0n) is 15.8. The summed E-state index contributed by atoms with van der Waals surface area (Å²) in [6.45, 7) is 4.66. The Bertz CT molecular complexity index is 942. The summed E-state index contributed by atoms with van der Waals surface area (Å²) in [5.41, 5.74) is 2.78. The molecule has 0 bridgehead atoms. The molecule has 0 amide bonds. The molecule has 0 saturated heterocycles. The van der Waals surface area contributed by atoms with Crippen LogP contribution in [0.3, 0.4) is 0 Å². The number of hydrogen-bond donors (Lipinski definition) is 2. The summed E-state index contributed by atoms with van der Waals surface area (Å²) in [6, 6.07) is 9.45. The van der Waals surface area contributed by atoms with Gasteiger partial charge in [0.25, 0.3) is 5.69 Å². The Kier molecular flexibility index (Phi) is 6.53. The molecule has 8 nitrogen and oxygen atoms in total. The van der Waals surface area contributed by atoms with Crippen LogP contribution in [0.25, 0.3) is 0 Å². The van der Waals surface area contributed by atoms with Crippen LogP contribution in [0.1, 0.15) is 11.1 Å². The monoisotopic (exact) mass is 392 g/mol. The predicted molar refractivity (Wildman–Crippen MR) is 106 cm³/mol. The highest BCUT2D eigenvalue weighted by atomic mass is 32.2. The highest BCUT2D eigenvalue weighted by Gasteiger charge is 2.21. The molecule has 2 N–H and O–H groups in total.